The third-order valence-corrected chi connectivity index (χ3v) is 4.17. The molecule has 23 heavy (non-hydrogen) atoms. The largest absolute Gasteiger partial charge is 0.353 e. The summed E-state index contributed by atoms with van der Waals surface area (Å²) in [6.45, 7) is 3.45. The minimum absolute atomic E-state index is 0.0719. The summed E-state index contributed by atoms with van der Waals surface area (Å²) in [7, 11) is 0. The van der Waals surface area contributed by atoms with E-state index in [2.05, 4.69) is 34.5 Å². The number of nitrogens with zero attached hydrogens (tertiary/aromatic N) is 2. The lowest BCUT2D eigenvalue weighted by Crippen LogP contribution is -2.39. The molecular weight excluding hydrogens is 290 g/mol. The van der Waals surface area contributed by atoms with Crippen molar-refractivity contribution in [2.24, 2.45) is 0 Å². The van der Waals surface area contributed by atoms with Crippen molar-refractivity contribution in [1.29, 1.82) is 0 Å². The van der Waals surface area contributed by atoms with Gasteiger partial charge < -0.3 is 9.88 Å². The second-order valence-electron chi connectivity index (χ2n) is 5.81. The van der Waals surface area contributed by atoms with E-state index in [0.717, 1.165) is 26.1 Å². The first kappa shape index (κ1) is 15.5. The Morgan fingerprint density at radius 1 is 1.09 bits per heavy atom. The number of amides is 1. The first-order valence-electron chi connectivity index (χ1n) is 7.94. The second-order valence-corrected chi connectivity index (χ2v) is 5.81. The number of hydrogen-bond donors (Lipinski definition) is 1. The Labute approximate surface area is 135 Å². The molecule has 1 aromatic heterocycles. The van der Waals surface area contributed by atoms with Gasteiger partial charge >= 0.3 is 0 Å². The van der Waals surface area contributed by atoms with Crippen molar-refractivity contribution in [3.8, 4) is 0 Å². The molecule has 5 heteroatoms. The molecule has 0 aliphatic carbocycles. The van der Waals surface area contributed by atoms with Gasteiger partial charge in [0, 0.05) is 38.4 Å². The minimum atomic E-state index is -0.157. The number of carbonyl (C=O) groups is 1. The summed E-state index contributed by atoms with van der Waals surface area (Å²) in [4.78, 5) is 25.8. The molecule has 1 N–H and O–H groups in total. The van der Waals surface area contributed by atoms with Crippen LogP contribution in [0.1, 0.15) is 11.1 Å². The van der Waals surface area contributed by atoms with Gasteiger partial charge in [-0.1, -0.05) is 30.3 Å². The molecule has 1 amide bonds. The number of benzene rings is 1. The summed E-state index contributed by atoms with van der Waals surface area (Å²) in [5, 5.41) is 2.89. The smallest absolute Gasteiger partial charge is 0.250 e. The Bertz CT molecular complexity index is 739. The fourth-order valence-corrected chi connectivity index (χ4v) is 2.90. The zero-order chi connectivity index (χ0) is 16.1. The van der Waals surface area contributed by atoms with Crippen LogP contribution >= 0.6 is 0 Å². The highest BCUT2D eigenvalue weighted by Gasteiger charge is 2.15. The van der Waals surface area contributed by atoms with Gasteiger partial charge in [0.2, 0.25) is 5.91 Å². The van der Waals surface area contributed by atoms with E-state index in [9.17, 15) is 9.59 Å². The van der Waals surface area contributed by atoms with Gasteiger partial charge in [-0.2, -0.15) is 0 Å². The van der Waals surface area contributed by atoms with Crippen LogP contribution in [0.5, 0.6) is 0 Å². The molecule has 1 aliphatic rings. The van der Waals surface area contributed by atoms with E-state index in [0.29, 0.717) is 6.54 Å². The molecule has 2 heterocycles. The van der Waals surface area contributed by atoms with Crippen LogP contribution in [-0.2, 0) is 24.3 Å². The highest BCUT2D eigenvalue weighted by Crippen LogP contribution is 2.17. The zero-order valence-corrected chi connectivity index (χ0v) is 13.1. The number of aromatic nitrogens is 1. The molecule has 0 radical (unpaired) electrons. The summed E-state index contributed by atoms with van der Waals surface area (Å²) in [6, 6.07) is 13.4. The van der Waals surface area contributed by atoms with E-state index >= 15 is 0 Å². The van der Waals surface area contributed by atoms with E-state index in [4.69, 9.17) is 0 Å². The molecule has 0 saturated carbocycles. The van der Waals surface area contributed by atoms with E-state index < -0.39 is 0 Å². The first-order valence-corrected chi connectivity index (χ1v) is 7.94. The number of carbonyl (C=O) groups excluding carboxylic acids is 1. The molecule has 120 valence electrons. The third kappa shape index (κ3) is 4.07. The minimum Gasteiger partial charge on any atom is -0.353 e. The van der Waals surface area contributed by atoms with Gasteiger partial charge in [0.25, 0.3) is 5.56 Å². The maximum absolute atomic E-state index is 11.9. The monoisotopic (exact) mass is 311 g/mol. The molecule has 0 atom stereocenters. The predicted molar refractivity (Wildman–Crippen MR) is 89.1 cm³/mol. The molecule has 0 unspecified atom stereocenters. The van der Waals surface area contributed by atoms with Gasteiger partial charge in [-0.25, -0.2) is 0 Å². The van der Waals surface area contributed by atoms with Crippen molar-refractivity contribution in [2.75, 3.05) is 19.6 Å². The zero-order valence-electron chi connectivity index (χ0n) is 13.1. The fourth-order valence-electron chi connectivity index (χ4n) is 2.90. The first-order chi connectivity index (χ1) is 11.2. The van der Waals surface area contributed by atoms with Crippen molar-refractivity contribution >= 4 is 5.91 Å². The summed E-state index contributed by atoms with van der Waals surface area (Å²) in [5.74, 6) is -0.129. The lowest BCUT2D eigenvalue weighted by atomic mass is 10.00. The normalized spacial score (nSPS) is 14.3. The van der Waals surface area contributed by atoms with Crippen molar-refractivity contribution in [2.45, 2.75) is 19.5 Å². The molecule has 2 aromatic rings. The van der Waals surface area contributed by atoms with Crippen LogP contribution in [0.3, 0.4) is 0 Å². The summed E-state index contributed by atoms with van der Waals surface area (Å²) < 4.78 is 1.41. The lowest BCUT2D eigenvalue weighted by Gasteiger charge is -2.28. The Hall–Kier alpha value is -2.40. The maximum Gasteiger partial charge on any atom is 0.250 e. The summed E-state index contributed by atoms with van der Waals surface area (Å²) >= 11 is 0. The Morgan fingerprint density at radius 3 is 2.70 bits per heavy atom. The summed E-state index contributed by atoms with van der Waals surface area (Å²) in [6.07, 6.45) is 2.69. The molecular formula is C18H21N3O2. The Balaban J connectivity index is 1.44. The number of hydrogen-bond acceptors (Lipinski definition) is 3. The van der Waals surface area contributed by atoms with Gasteiger partial charge in [-0.15, -0.1) is 0 Å². The Kier molecular flexibility index (Phi) is 4.88. The predicted octanol–water partition coefficient (Wildman–Crippen LogP) is 1.02. The topological polar surface area (TPSA) is 54.3 Å². The molecule has 5 nitrogen and oxygen atoms in total. The molecule has 3 rings (SSSR count). The third-order valence-electron chi connectivity index (χ3n) is 4.17. The highest BCUT2D eigenvalue weighted by molar-refractivity contribution is 5.75. The van der Waals surface area contributed by atoms with Crippen LogP contribution in [0.15, 0.2) is 53.5 Å². The molecule has 1 aliphatic heterocycles. The fraction of sp³-hybridized carbons (Fsp3) is 0.333. The van der Waals surface area contributed by atoms with Crippen LogP contribution < -0.4 is 10.9 Å². The molecule has 1 aromatic carbocycles. The van der Waals surface area contributed by atoms with Crippen LogP contribution in [-0.4, -0.2) is 35.0 Å². The van der Waals surface area contributed by atoms with E-state index in [1.165, 1.54) is 21.8 Å². The van der Waals surface area contributed by atoms with Gasteiger partial charge in [0.05, 0.1) is 0 Å². The van der Waals surface area contributed by atoms with Gasteiger partial charge in [0.15, 0.2) is 0 Å². The van der Waals surface area contributed by atoms with E-state index in [1.54, 1.807) is 18.3 Å². The summed E-state index contributed by atoms with van der Waals surface area (Å²) in [5.41, 5.74) is 2.65. The van der Waals surface area contributed by atoms with Crippen molar-refractivity contribution in [3.63, 3.8) is 0 Å². The van der Waals surface area contributed by atoms with Crippen molar-refractivity contribution in [1.82, 2.24) is 14.8 Å². The Morgan fingerprint density at radius 2 is 1.87 bits per heavy atom. The molecule has 0 fully saturated rings. The number of pyridine rings is 1. The second kappa shape index (κ2) is 7.24. The molecule has 0 saturated heterocycles. The lowest BCUT2D eigenvalue weighted by molar-refractivity contribution is -0.121. The van der Waals surface area contributed by atoms with Crippen molar-refractivity contribution < 1.29 is 4.79 Å². The van der Waals surface area contributed by atoms with Crippen LogP contribution in [0.25, 0.3) is 0 Å². The maximum atomic E-state index is 11.9. The average molecular weight is 311 g/mol. The van der Waals surface area contributed by atoms with E-state index in [-0.39, 0.29) is 18.0 Å². The standard InChI is InChI=1S/C18H21N3O2/c22-17(14-21-10-4-3-7-18(21)23)19-9-12-20-11-8-15-5-1-2-6-16(15)13-20/h1-7,10H,8-9,11-14H2,(H,19,22). The average Bonchev–Trinajstić information content (AvgIpc) is 2.57. The van der Waals surface area contributed by atoms with E-state index in [1.807, 2.05) is 0 Å². The number of fused-ring (bicyclic) bond motifs is 1. The van der Waals surface area contributed by atoms with Gasteiger partial charge in [0.1, 0.15) is 6.54 Å². The molecule has 0 spiro atoms. The van der Waals surface area contributed by atoms with Gasteiger partial charge in [-0.05, 0) is 23.6 Å². The number of rotatable bonds is 5. The quantitative estimate of drug-likeness (QED) is 0.897. The SMILES string of the molecule is O=C(Cn1ccccc1=O)NCCN1CCc2ccccc2C1. The van der Waals surface area contributed by atoms with Crippen LogP contribution in [0, 0.1) is 0 Å². The molecule has 0 bridgehead atoms. The van der Waals surface area contributed by atoms with Crippen LogP contribution in [0.2, 0.25) is 0 Å². The van der Waals surface area contributed by atoms with Crippen LogP contribution in [0.4, 0.5) is 0 Å². The number of nitrogens with one attached hydrogen (secondary N) is 1. The van der Waals surface area contributed by atoms with Crippen molar-refractivity contribution in [3.05, 3.63) is 70.1 Å². The highest BCUT2D eigenvalue weighted by atomic mass is 16.2. The van der Waals surface area contributed by atoms with Gasteiger partial charge in [-0.3, -0.25) is 14.5 Å².